The molecule has 8 heteroatoms. The summed E-state index contributed by atoms with van der Waals surface area (Å²) in [5, 5.41) is 3.69. The number of ether oxygens (including phenoxy) is 1. The molecule has 208 valence electrons. The second-order valence-corrected chi connectivity index (χ2v) is 11.3. The lowest BCUT2D eigenvalue weighted by molar-refractivity contribution is -0.124. The highest BCUT2D eigenvalue weighted by Gasteiger charge is 2.33. The van der Waals surface area contributed by atoms with Crippen LogP contribution in [0.15, 0.2) is 48.8 Å². The van der Waals surface area contributed by atoms with Crippen molar-refractivity contribution in [3.05, 3.63) is 76.6 Å². The Labute approximate surface area is 233 Å². The average molecular weight is 556 g/mol. The van der Waals surface area contributed by atoms with Crippen molar-refractivity contribution in [1.29, 1.82) is 0 Å². The normalized spacial score (nSPS) is 18.6. The first-order valence-corrected chi connectivity index (χ1v) is 14.5. The molecule has 5 rings (SSSR count). The van der Waals surface area contributed by atoms with E-state index in [1.165, 1.54) is 19.0 Å². The Hall–Kier alpha value is -2.77. The summed E-state index contributed by atoms with van der Waals surface area (Å²) in [4.78, 5) is 18.4. The number of carbonyl (C=O) groups is 1. The fraction of sp³-hybridized carbons (Fsp3) is 0.484. The van der Waals surface area contributed by atoms with Gasteiger partial charge >= 0.3 is 0 Å². The molecule has 2 fully saturated rings. The second kappa shape index (κ2) is 12.6. The molecule has 2 aliphatic rings. The topological polar surface area (TPSA) is 56.2 Å². The summed E-state index contributed by atoms with van der Waals surface area (Å²) in [7, 11) is 1.61. The van der Waals surface area contributed by atoms with Gasteiger partial charge in [-0.3, -0.25) is 4.79 Å². The minimum Gasteiger partial charge on any atom is -0.376 e. The Morgan fingerprint density at radius 2 is 1.77 bits per heavy atom. The van der Waals surface area contributed by atoms with Gasteiger partial charge in [-0.2, -0.15) is 0 Å². The van der Waals surface area contributed by atoms with Crippen LogP contribution >= 0.6 is 11.6 Å². The Morgan fingerprint density at radius 3 is 2.46 bits per heavy atom. The summed E-state index contributed by atoms with van der Waals surface area (Å²) in [6, 6.07) is 9.05. The summed E-state index contributed by atoms with van der Waals surface area (Å²) in [6.45, 7) is 0. The van der Waals surface area contributed by atoms with Crippen LogP contribution in [0.5, 0.6) is 0 Å². The van der Waals surface area contributed by atoms with Gasteiger partial charge in [0.25, 0.3) is 0 Å². The lowest BCUT2D eigenvalue weighted by atomic mass is 9.81. The van der Waals surface area contributed by atoms with E-state index >= 15 is 4.39 Å². The zero-order chi connectivity index (χ0) is 27.4. The van der Waals surface area contributed by atoms with E-state index in [4.69, 9.17) is 16.3 Å². The summed E-state index contributed by atoms with van der Waals surface area (Å²) >= 11 is 6.34. The third-order valence-electron chi connectivity index (χ3n) is 8.30. The van der Waals surface area contributed by atoms with Crippen LogP contribution in [0.3, 0.4) is 0 Å². The van der Waals surface area contributed by atoms with Gasteiger partial charge in [0.15, 0.2) is 11.6 Å². The molecule has 2 aromatic carbocycles. The van der Waals surface area contributed by atoms with E-state index in [1.54, 1.807) is 42.1 Å². The lowest BCUT2D eigenvalue weighted by Crippen LogP contribution is -2.41. The third-order valence-corrected chi connectivity index (χ3v) is 8.54. The van der Waals surface area contributed by atoms with Crippen molar-refractivity contribution in [2.24, 2.45) is 5.92 Å². The quantitative estimate of drug-likeness (QED) is 0.309. The molecule has 1 aromatic heterocycles. The molecule has 39 heavy (non-hydrogen) atoms. The molecule has 5 nitrogen and oxygen atoms in total. The van der Waals surface area contributed by atoms with Crippen molar-refractivity contribution >= 4 is 17.5 Å². The number of aromatic nitrogens is 2. The van der Waals surface area contributed by atoms with E-state index in [0.717, 1.165) is 57.4 Å². The van der Waals surface area contributed by atoms with Gasteiger partial charge in [0.05, 0.1) is 11.7 Å². The molecule has 2 saturated carbocycles. The summed E-state index contributed by atoms with van der Waals surface area (Å²) in [5.41, 5.74) is 1.23. The summed E-state index contributed by atoms with van der Waals surface area (Å²) < 4.78 is 38.1. The number of rotatable bonds is 8. The monoisotopic (exact) mass is 555 g/mol. The molecule has 0 saturated heterocycles. The van der Waals surface area contributed by atoms with Gasteiger partial charge < -0.3 is 14.6 Å². The average Bonchev–Trinajstić information content (AvgIpc) is 3.41. The van der Waals surface area contributed by atoms with E-state index in [-0.39, 0.29) is 29.3 Å². The van der Waals surface area contributed by atoms with E-state index in [0.29, 0.717) is 16.1 Å². The first-order valence-electron chi connectivity index (χ1n) is 14.1. The van der Waals surface area contributed by atoms with E-state index < -0.39 is 23.8 Å². The van der Waals surface area contributed by atoms with Gasteiger partial charge in [-0.1, -0.05) is 68.3 Å². The maximum atomic E-state index is 15.8. The van der Waals surface area contributed by atoms with Crippen molar-refractivity contribution < 1.29 is 18.3 Å². The Balaban J connectivity index is 1.61. The van der Waals surface area contributed by atoms with Crippen LogP contribution in [-0.2, 0) is 9.53 Å². The van der Waals surface area contributed by atoms with Gasteiger partial charge in [0.2, 0.25) is 5.91 Å². The first kappa shape index (κ1) is 27.8. The molecule has 0 bridgehead atoms. The Bertz CT molecular complexity index is 1280. The predicted octanol–water partition coefficient (Wildman–Crippen LogP) is 7.79. The van der Waals surface area contributed by atoms with Crippen LogP contribution in [0.25, 0.3) is 11.4 Å². The Kier molecular flexibility index (Phi) is 8.98. The second-order valence-electron chi connectivity index (χ2n) is 10.8. The number of nitrogens with zero attached hydrogens (tertiary/aromatic N) is 2. The molecule has 0 aliphatic heterocycles. The van der Waals surface area contributed by atoms with Crippen LogP contribution in [0.1, 0.15) is 87.5 Å². The maximum Gasteiger partial charge on any atom is 0.247 e. The molecule has 1 amide bonds. The van der Waals surface area contributed by atoms with Crippen molar-refractivity contribution in [2.75, 3.05) is 7.11 Å². The van der Waals surface area contributed by atoms with E-state index in [1.807, 2.05) is 6.07 Å². The number of hydrogen-bond acceptors (Lipinski definition) is 3. The van der Waals surface area contributed by atoms with Gasteiger partial charge in [-0.25, -0.2) is 13.8 Å². The minimum absolute atomic E-state index is 0.0370. The largest absolute Gasteiger partial charge is 0.376 e. The molecule has 2 aliphatic carbocycles. The SMILES string of the molecule is COC(c1ccc(F)c(F)c1-c1nccn1C(C(=O)NC1CCCCC1)c1cccc(Cl)c1)C1CCCCC1. The number of hydrogen-bond donors (Lipinski definition) is 1. The van der Waals surface area contributed by atoms with E-state index in [9.17, 15) is 9.18 Å². The highest BCUT2D eigenvalue weighted by atomic mass is 35.5. The summed E-state index contributed by atoms with van der Waals surface area (Å²) in [6.07, 6.45) is 13.2. The van der Waals surface area contributed by atoms with Crippen molar-refractivity contribution in [3.63, 3.8) is 0 Å². The zero-order valence-corrected chi connectivity index (χ0v) is 23.1. The number of imidazole rings is 1. The molecular formula is C31H36ClF2N3O2. The minimum atomic E-state index is -0.990. The van der Waals surface area contributed by atoms with Gasteiger partial charge in [-0.05, 0) is 60.9 Å². The molecule has 0 spiro atoms. The number of nitrogens with one attached hydrogen (secondary N) is 1. The van der Waals surface area contributed by atoms with Crippen molar-refractivity contribution in [3.8, 4) is 11.4 Å². The number of carbonyl (C=O) groups excluding carboxylic acids is 1. The maximum absolute atomic E-state index is 15.8. The lowest BCUT2D eigenvalue weighted by Gasteiger charge is -2.31. The number of methoxy groups -OCH3 is 1. The van der Waals surface area contributed by atoms with Crippen LogP contribution in [0.4, 0.5) is 8.78 Å². The summed E-state index contributed by atoms with van der Waals surface area (Å²) in [5.74, 6) is -1.81. The molecule has 1 N–H and O–H groups in total. The Morgan fingerprint density at radius 1 is 1.05 bits per heavy atom. The van der Waals surface area contributed by atoms with Crippen molar-refractivity contribution in [1.82, 2.24) is 14.9 Å². The molecule has 2 atom stereocenters. The zero-order valence-electron chi connectivity index (χ0n) is 22.3. The molecular weight excluding hydrogens is 520 g/mol. The molecule has 1 heterocycles. The van der Waals surface area contributed by atoms with Crippen LogP contribution < -0.4 is 5.32 Å². The fourth-order valence-electron chi connectivity index (χ4n) is 6.40. The number of benzene rings is 2. The van der Waals surface area contributed by atoms with Crippen LogP contribution in [-0.4, -0.2) is 28.6 Å². The predicted molar refractivity (Wildman–Crippen MR) is 149 cm³/mol. The molecule has 0 radical (unpaired) electrons. The molecule has 2 unspecified atom stereocenters. The molecule has 3 aromatic rings. The number of halogens is 3. The standard InChI is InChI=1S/C31H36ClF2N3O2/c1-39-29(20-9-4-2-5-10-20)24-15-16-25(33)27(34)26(24)30-35-17-18-37(30)28(21-11-8-12-22(32)19-21)31(38)36-23-13-6-3-7-14-23/h8,11-12,15-20,23,28-29H,2-7,9-10,13-14H2,1H3,(H,36,38). The van der Waals surface area contributed by atoms with Crippen LogP contribution in [0, 0.1) is 17.6 Å². The highest BCUT2D eigenvalue weighted by molar-refractivity contribution is 6.30. The number of amides is 1. The van der Waals surface area contributed by atoms with Crippen molar-refractivity contribution in [2.45, 2.75) is 82.4 Å². The van der Waals surface area contributed by atoms with Gasteiger partial charge in [0.1, 0.15) is 11.9 Å². The first-order chi connectivity index (χ1) is 19.0. The van der Waals surface area contributed by atoms with E-state index in [2.05, 4.69) is 10.3 Å². The smallest absolute Gasteiger partial charge is 0.247 e. The van der Waals surface area contributed by atoms with Gasteiger partial charge in [0, 0.05) is 30.6 Å². The fourth-order valence-corrected chi connectivity index (χ4v) is 6.60. The highest BCUT2D eigenvalue weighted by Crippen LogP contribution is 2.42. The van der Waals surface area contributed by atoms with Crippen LogP contribution in [0.2, 0.25) is 5.02 Å². The van der Waals surface area contributed by atoms with Gasteiger partial charge in [-0.15, -0.1) is 0 Å². The third kappa shape index (κ3) is 6.04.